The number of aromatic hydroxyl groups is 1. The number of aliphatic imine (C=N–C) groups is 1. The fourth-order valence-electron chi connectivity index (χ4n) is 2.79. The average Bonchev–Trinajstić information content (AvgIpc) is 3.30. The Morgan fingerprint density at radius 1 is 1.17 bits per heavy atom. The van der Waals surface area contributed by atoms with Crippen molar-refractivity contribution in [3.63, 3.8) is 0 Å². The number of amidine groups is 1. The Balaban J connectivity index is 1.64. The number of rotatable bonds is 5. The number of nitrogens with zero attached hydrogens (tertiary/aromatic N) is 3. The number of thioether (sulfide) groups is 1. The van der Waals surface area contributed by atoms with Crippen LogP contribution < -0.4 is 0 Å². The van der Waals surface area contributed by atoms with E-state index in [9.17, 15) is 9.90 Å². The molecule has 0 saturated carbocycles. The fourth-order valence-corrected chi connectivity index (χ4v) is 4.53. The van der Waals surface area contributed by atoms with Crippen LogP contribution in [0.4, 0.5) is 5.13 Å². The Morgan fingerprint density at radius 3 is 2.76 bits per heavy atom. The van der Waals surface area contributed by atoms with Crippen LogP contribution in [0.15, 0.2) is 82.5 Å². The van der Waals surface area contributed by atoms with Crippen LogP contribution >= 0.6 is 23.1 Å². The van der Waals surface area contributed by atoms with Gasteiger partial charge in [-0.1, -0.05) is 48.5 Å². The number of amides is 1. The predicted molar refractivity (Wildman–Crippen MR) is 120 cm³/mol. The standard InChI is InChI=1S/C22H17N3O2S2/c1-2-11-25-20(27)19(13-15-7-6-10-17(26)12-15)29-22(25)24-21-23-18(14-28-21)16-8-4-3-5-9-16/h2-10,12-14,26H,1,11H2/b19-13-,24-22+. The lowest BCUT2D eigenvalue weighted by Gasteiger charge is -2.11. The number of benzene rings is 2. The summed E-state index contributed by atoms with van der Waals surface area (Å²) in [6.07, 6.45) is 3.42. The predicted octanol–water partition coefficient (Wildman–Crippen LogP) is 5.31. The molecule has 5 nitrogen and oxygen atoms in total. The second kappa shape index (κ2) is 8.46. The molecule has 1 amide bonds. The molecule has 0 atom stereocenters. The highest BCUT2D eigenvalue weighted by atomic mass is 32.2. The van der Waals surface area contributed by atoms with Gasteiger partial charge in [0.05, 0.1) is 10.6 Å². The molecule has 1 aromatic heterocycles. The van der Waals surface area contributed by atoms with Gasteiger partial charge >= 0.3 is 0 Å². The molecule has 0 unspecified atom stereocenters. The molecule has 144 valence electrons. The van der Waals surface area contributed by atoms with Crippen LogP contribution in [0, 0.1) is 0 Å². The molecule has 3 aromatic rings. The topological polar surface area (TPSA) is 65.8 Å². The van der Waals surface area contributed by atoms with E-state index < -0.39 is 0 Å². The lowest BCUT2D eigenvalue weighted by molar-refractivity contribution is -0.121. The molecule has 0 aliphatic carbocycles. The summed E-state index contributed by atoms with van der Waals surface area (Å²) in [7, 11) is 0. The Kier molecular flexibility index (Phi) is 5.59. The Bertz CT molecular complexity index is 1120. The highest BCUT2D eigenvalue weighted by Crippen LogP contribution is 2.35. The number of thiazole rings is 1. The third-order valence-electron chi connectivity index (χ3n) is 4.12. The number of phenolic OH excluding ortho intramolecular Hbond substituents is 1. The minimum Gasteiger partial charge on any atom is -0.508 e. The van der Waals surface area contributed by atoms with Crippen molar-refractivity contribution in [3.05, 3.63) is 83.1 Å². The van der Waals surface area contributed by atoms with E-state index in [-0.39, 0.29) is 11.7 Å². The first-order valence-corrected chi connectivity index (χ1v) is 10.5. The summed E-state index contributed by atoms with van der Waals surface area (Å²) < 4.78 is 0. The van der Waals surface area contributed by atoms with E-state index in [0.29, 0.717) is 21.7 Å². The highest BCUT2D eigenvalue weighted by molar-refractivity contribution is 8.18. The van der Waals surface area contributed by atoms with Gasteiger partial charge in [-0.25, -0.2) is 4.98 Å². The zero-order valence-electron chi connectivity index (χ0n) is 15.4. The van der Waals surface area contributed by atoms with Crippen molar-refractivity contribution in [2.75, 3.05) is 6.54 Å². The summed E-state index contributed by atoms with van der Waals surface area (Å²) in [5, 5.41) is 12.8. The van der Waals surface area contributed by atoms with Gasteiger partial charge in [-0.3, -0.25) is 9.69 Å². The molecule has 2 heterocycles. The number of hydrogen-bond acceptors (Lipinski definition) is 6. The maximum atomic E-state index is 12.8. The van der Waals surface area contributed by atoms with Crippen LogP contribution in [-0.4, -0.2) is 32.6 Å². The molecule has 29 heavy (non-hydrogen) atoms. The maximum Gasteiger partial charge on any atom is 0.267 e. The molecule has 4 rings (SSSR count). The van der Waals surface area contributed by atoms with E-state index in [1.165, 1.54) is 23.1 Å². The molecule has 0 spiro atoms. The molecule has 1 N–H and O–H groups in total. The van der Waals surface area contributed by atoms with E-state index in [1.54, 1.807) is 35.3 Å². The molecule has 7 heteroatoms. The number of aromatic nitrogens is 1. The highest BCUT2D eigenvalue weighted by Gasteiger charge is 2.32. The Labute approximate surface area is 176 Å². The van der Waals surface area contributed by atoms with E-state index in [4.69, 9.17) is 0 Å². The fraction of sp³-hybridized carbons (Fsp3) is 0.0455. The summed E-state index contributed by atoms with van der Waals surface area (Å²) in [5.74, 6) is 0.0136. The second-order valence-electron chi connectivity index (χ2n) is 6.19. The van der Waals surface area contributed by atoms with E-state index in [0.717, 1.165) is 16.8 Å². The van der Waals surface area contributed by atoms with Crippen LogP contribution in [-0.2, 0) is 4.79 Å². The van der Waals surface area contributed by atoms with Crippen LogP contribution in [0.5, 0.6) is 5.75 Å². The third-order valence-corrected chi connectivity index (χ3v) is 5.86. The van der Waals surface area contributed by atoms with Gasteiger partial charge in [0.25, 0.3) is 5.91 Å². The SMILES string of the molecule is C=CCN1C(=O)/C(=C/c2cccc(O)c2)S/C1=N/c1nc(-c2ccccc2)cs1. The second-order valence-corrected chi connectivity index (χ2v) is 8.03. The molecular weight excluding hydrogens is 402 g/mol. The van der Waals surface area contributed by atoms with E-state index in [1.807, 2.05) is 41.8 Å². The molecule has 1 aliphatic rings. The maximum absolute atomic E-state index is 12.8. The molecule has 2 aromatic carbocycles. The molecule has 1 fully saturated rings. The summed E-state index contributed by atoms with van der Waals surface area (Å²) in [4.78, 5) is 24.2. The first-order chi connectivity index (χ1) is 14.1. The first kappa shape index (κ1) is 19.2. The lowest BCUT2D eigenvalue weighted by Crippen LogP contribution is -2.29. The monoisotopic (exact) mass is 419 g/mol. The van der Waals surface area contributed by atoms with Gasteiger partial charge in [0.1, 0.15) is 5.75 Å². The normalized spacial score (nSPS) is 16.7. The van der Waals surface area contributed by atoms with E-state index >= 15 is 0 Å². The number of carbonyl (C=O) groups excluding carboxylic acids is 1. The summed E-state index contributed by atoms with van der Waals surface area (Å²) in [6, 6.07) is 16.7. The van der Waals surface area contributed by atoms with Crippen molar-refractivity contribution in [2.45, 2.75) is 0 Å². The molecule has 1 aliphatic heterocycles. The minimum atomic E-state index is -0.142. The van der Waals surface area contributed by atoms with Crippen molar-refractivity contribution in [1.29, 1.82) is 0 Å². The number of carbonyl (C=O) groups is 1. The first-order valence-electron chi connectivity index (χ1n) is 8.85. The minimum absolute atomic E-state index is 0.142. The van der Waals surface area contributed by atoms with Crippen LogP contribution in [0.25, 0.3) is 17.3 Å². The van der Waals surface area contributed by atoms with Gasteiger partial charge in [-0.05, 0) is 35.5 Å². The zero-order chi connectivity index (χ0) is 20.2. The van der Waals surface area contributed by atoms with Crippen LogP contribution in [0.3, 0.4) is 0 Å². The summed E-state index contributed by atoms with van der Waals surface area (Å²) >= 11 is 2.72. The average molecular weight is 420 g/mol. The van der Waals surface area contributed by atoms with Crippen molar-refractivity contribution >= 4 is 45.4 Å². The molecule has 0 bridgehead atoms. The summed E-state index contributed by atoms with van der Waals surface area (Å²) in [6.45, 7) is 4.10. The lowest BCUT2D eigenvalue weighted by atomic mass is 10.2. The van der Waals surface area contributed by atoms with Gasteiger partial charge in [0.2, 0.25) is 5.13 Å². The smallest absolute Gasteiger partial charge is 0.267 e. The van der Waals surface area contributed by atoms with Gasteiger partial charge < -0.3 is 5.11 Å². The van der Waals surface area contributed by atoms with Crippen LogP contribution in [0.2, 0.25) is 0 Å². The largest absolute Gasteiger partial charge is 0.508 e. The van der Waals surface area contributed by atoms with Gasteiger partial charge in [0, 0.05) is 17.5 Å². The zero-order valence-corrected chi connectivity index (χ0v) is 17.0. The van der Waals surface area contributed by atoms with Gasteiger partial charge in [0.15, 0.2) is 5.17 Å². The van der Waals surface area contributed by atoms with Crippen LogP contribution in [0.1, 0.15) is 5.56 Å². The van der Waals surface area contributed by atoms with Gasteiger partial charge in [-0.2, -0.15) is 4.99 Å². The number of hydrogen-bond donors (Lipinski definition) is 1. The van der Waals surface area contributed by atoms with Crippen molar-refractivity contribution in [2.24, 2.45) is 4.99 Å². The molecule has 1 saturated heterocycles. The van der Waals surface area contributed by atoms with Crippen molar-refractivity contribution in [3.8, 4) is 17.0 Å². The van der Waals surface area contributed by atoms with Gasteiger partial charge in [-0.15, -0.1) is 17.9 Å². The Morgan fingerprint density at radius 2 is 2.00 bits per heavy atom. The number of phenols is 1. The summed E-state index contributed by atoms with van der Waals surface area (Å²) in [5.41, 5.74) is 2.63. The molecular formula is C22H17N3O2S2. The third kappa shape index (κ3) is 4.31. The molecule has 0 radical (unpaired) electrons. The van der Waals surface area contributed by atoms with Crippen molar-refractivity contribution in [1.82, 2.24) is 9.88 Å². The quantitative estimate of drug-likeness (QED) is 0.450. The van der Waals surface area contributed by atoms with Crippen molar-refractivity contribution < 1.29 is 9.90 Å². The van der Waals surface area contributed by atoms with E-state index in [2.05, 4.69) is 16.6 Å². The Hall–Kier alpha value is -3.16.